The minimum Gasteiger partial charge on any atom is -0.356 e. The number of benzene rings is 1. The Morgan fingerprint density at radius 3 is 2.76 bits per heavy atom. The van der Waals surface area contributed by atoms with Crippen molar-refractivity contribution in [3.63, 3.8) is 0 Å². The Bertz CT molecular complexity index is 482. The van der Waals surface area contributed by atoms with Crippen LogP contribution in [0.5, 0.6) is 0 Å². The highest BCUT2D eigenvalue weighted by Crippen LogP contribution is 2.27. The van der Waals surface area contributed by atoms with E-state index in [1.54, 1.807) is 6.07 Å². The van der Waals surface area contributed by atoms with Crippen molar-refractivity contribution in [1.82, 2.24) is 5.32 Å². The van der Waals surface area contributed by atoms with Crippen LogP contribution in [0, 0.1) is 5.92 Å². The summed E-state index contributed by atoms with van der Waals surface area (Å²) < 4.78 is 0. The van der Waals surface area contributed by atoms with E-state index in [4.69, 9.17) is 28.9 Å². The van der Waals surface area contributed by atoms with Gasteiger partial charge in [0.1, 0.15) is 0 Å². The molecule has 0 saturated heterocycles. The molecule has 1 aromatic carbocycles. The number of amides is 1. The zero-order valence-electron chi connectivity index (χ0n) is 11.8. The minimum absolute atomic E-state index is 0. The summed E-state index contributed by atoms with van der Waals surface area (Å²) in [5, 5.41) is 4.05. The van der Waals surface area contributed by atoms with Gasteiger partial charge in [0, 0.05) is 19.0 Å². The van der Waals surface area contributed by atoms with Gasteiger partial charge in [0.05, 0.1) is 10.0 Å². The van der Waals surface area contributed by atoms with Crippen molar-refractivity contribution in [2.75, 3.05) is 6.54 Å². The molecule has 1 amide bonds. The Balaban J connectivity index is 0.00000220. The molecule has 3 nitrogen and oxygen atoms in total. The lowest BCUT2D eigenvalue weighted by Gasteiger charge is -2.15. The quantitative estimate of drug-likeness (QED) is 0.851. The van der Waals surface area contributed by atoms with Crippen LogP contribution in [-0.2, 0) is 11.2 Å². The molecule has 1 saturated carbocycles. The van der Waals surface area contributed by atoms with Gasteiger partial charge in [-0.1, -0.05) is 41.8 Å². The molecular formula is C15H21Cl3N2O. The van der Waals surface area contributed by atoms with Crippen molar-refractivity contribution in [3.8, 4) is 0 Å². The van der Waals surface area contributed by atoms with Gasteiger partial charge in [-0.25, -0.2) is 0 Å². The fourth-order valence-corrected chi connectivity index (χ4v) is 3.12. The van der Waals surface area contributed by atoms with Crippen molar-refractivity contribution in [1.29, 1.82) is 0 Å². The van der Waals surface area contributed by atoms with E-state index >= 15 is 0 Å². The smallest absolute Gasteiger partial charge is 0.220 e. The first-order chi connectivity index (χ1) is 9.58. The fourth-order valence-electron chi connectivity index (χ4n) is 2.71. The third kappa shape index (κ3) is 5.33. The Hall–Kier alpha value is -0.480. The van der Waals surface area contributed by atoms with E-state index in [0.717, 1.165) is 24.8 Å². The average Bonchev–Trinajstić information content (AvgIpc) is 2.80. The fraction of sp³-hybridized carbons (Fsp3) is 0.533. The normalized spacial score (nSPS) is 20.9. The van der Waals surface area contributed by atoms with E-state index in [1.807, 2.05) is 12.1 Å². The van der Waals surface area contributed by atoms with Gasteiger partial charge in [0.2, 0.25) is 5.91 Å². The third-order valence-electron chi connectivity index (χ3n) is 3.91. The zero-order valence-corrected chi connectivity index (χ0v) is 14.1. The first-order valence-corrected chi connectivity index (χ1v) is 7.78. The molecule has 1 aromatic rings. The van der Waals surface area contributed by atoms with Crippen molar-refractivity contribution < 1.29 is 4.79 Å². The van der Waals surface area contributed by atoms with E-state index in [1.165, 1.54) is 0 Å². The van der Waals surface area contributed by atoms with E-state index in [9.17, 15) is 4.79 Å². The number of nitrogens with two attached hydrogens (primary N) is 1. The third-order valence-corrected chi connectivity index (χ3v) is 4.77. The van der Waals surface area contributed by atoms with Gasteiger partial charge in [0.25, 0.3) is 0 Å². The van der Waals surface area contributed by atoms with Crippen molar-refractivity contribution in [2.24, 2.45) is 11.7 Å². The molecule has 0 bridgehead atoms. The van der Waals surface area contributed by atoms with Gasteiger partial charge in [0.15, 0.2) is 0 Å². The summed E-state index contributed by atoms with van der Waals surface area (Å²) in [6.45, 7) is 0.570. The number of halogens is 3. The predicted molar refractivity (Wildman–Crippen MR) is 90.4 cm³/mol. The van der Waals surface area contributed by atoms with Crippen LogP contribution in [0.25, 0.3) is 0 Å². The van der Waals surface area contributed by atoms with Gasteiger partial charge in [-0.2, -0.15) is 0 Å². The SMILES string of the molecule is Cl.N[C@@H]1CCC[C@H]1CC(=O)NCCc1cccc(Cl)c1Cl. The van der Waals surface area contributed by atoms with E-state index in [0.29, 0.717) is 35.3 Å². The second-order valence-corrected chi connectivity index (χ2v) is 6.16. The summed E-state index contributed by atoms with van der Waals surface area (Å²) in [7, 11) is 0. The molecule has 1 aliphatic carbocycles. The summed E-state index contributed by atoms with van der Waals surface area (Å²) in [5.41, 5.74) is 6.93. The molecule has 118 valence electrons. The summed E-state index contributed by atoms with van der Waals surface area (Å²) in [6, 6.07) is 5.73. The second-order valence-electron chi connectivity index (χ2n) is 5.37. The number of carbonyl (C=O) groups is 1. The molecule has 0 radical (unpaired) electrons. The maximum Gasteiger partial charge on any atom is 0.220 e. The van der Waals surface area contributed by atoms with Gasteiger partial charge in [-0.3, -0.25) is 4.79 Å². The van der Waals surface area contributed by atoms with Crippen molar-refractivity contribution in [3.05, 3.63) is 33.8 Å². The molecule has 1 aliphatic rings. The summed E-state index contributed by atoms with van der Waals surface area (Å²) >= 11 is 12.1. The Morgan fingerprint density at radius 1 is 1.33 bits per heavy atom. The molecule has 0 unspecified atom stereocenters. The van der Waals surface area contributed by atoms with Crippen molar-refractivity contribution in [2.45, 2.75) is 38.1 Å². The topological polar surface area (TPSA) is 55.1 Å². The molecular weight excluding hydrogens is 331 g/mol. The highest BCUT2D eigenvalue weighted by atomic mass is 35.5. The molecule has 2 atom stereocenters. The molecule has 3 N–H and O–H groups in total. The minimum atomic E-state index is 0. The lowest BCUT2D eigenvalue weighted by Crippen LogP contribution is -2.32. The molecule has 0 aromatic heterocycles. The average molecular weight is 352 g/mol. The Morgan fingerprint density at radius 2 is 2.10 bits per heavy atom. The van der Waals surface area contributed by atoms with Gasteiger partial charge < -0.3 is 11.1 Å². The summed E-state index contributed by atoms with van der Waals surface area (Å²) in [6.07, 6.45) is 4.45. The maximum absolute atomic E-state index is 11.9. The van der Waals surface area contributed by atoms with Crippen LogP contribution in [0.1, 0.15) is 31.2 Å². The van der Waals surface area contributed by atoms with Gasteiger partial charge in [-0.05, 0) is 36.8 Å². The van der Waals surface area contributed by atoms with Crippen LogP contribution in [0.15, 0.2) is 18.2 Å². The van der Waals surface area contributed by atoms with Gasteiger partial charge in [-0.15, -0.1) is 12.4 Å². The van der Waals surface area contributed by atoms with Crippen molar-refractivity contribution >= 4 is 41.5 Å². The number of hydrogen-bond donors (Lipinski definition) is 2. The molecule has 6 heteroatoms. The summed E-state index contributed by atoms with van der Waals surface area (Å²) in [4.78, 5) is 11.9. The van der Waals surface area contributed by atoms with Crippen LogP contribution in [0.3, 0.4) is 0 Å². The van der Waals surface area contributed by atoms with Crippen LogP contribution in [0.2, 0.25) is 10.0 Å². The number of carbonyl (C=O) groups excluding carboxylic acids is 1. The Labute approximate surface area is 142 Å². The van der Waals surface area contributed by atoms with Crippen LogP contribution in [-0.4, -0.2) is 18.5 Å². The monoisotopic (exact) mass is 350 g/mol. The predicted octanol–water partition coefficient (Wildman–Crippen LogP) is 3.59. The van der Waals surface area contributed by atoms with Crippen LogP contribution < -0.4 is 11.1 Å². The number of nitrogens with one attached hydrogen (secondary N) is 1. The largest absolute Gasteiger partial charge is 0.356 e. The Kier molecular flexibility index (Phi) is 7.82. The second kappa shape index (κ2) is 8.84. The molecule has 0 heterocycles. The van der Waals surface area contributed by atoms with Crippen LogP contribution in [0.4, 0.5) is 0 Å². The molecule has 0 spiro atoms. The van der Waals surface area contributed by atoms with E-state index < -0.39 is 0 Å². The number of hydrogen-bond acceptors (Lipinski definition) is 2. The van der Waals surface area contributed by atoms with E-state index in [2.05, 4.69) is 5.32 Å². The maximum atomic E-state index is 11.9. The molecule has 0 aliphatic heterocycles. The number of rotatable bonds is 5. The van der Waals surface area contributed by atoms with Gasteiger partial charge >= 0.3 is 0 Å². The standard InChI is InChI=1S/C15H20Cl2N2O.ClH/c16-12-5-1-3-10(15(12)17)7-8-19-14(20)9-11-4-2-6-13(11)18;/h1,3,5,11,13H,2,4,6-9,18H2,(H,19,20);1H/t11-,13+;/m0./s1. The first kappa shape index (κ1) is 18.6. The highest BCUT2D eigenvalue weighted by molar-refractivity contribution is 6.42. The molecule has 2 rings (SSSR count). The molecule has 1 fully saturated rings. The van der Waals surface area contributed by atoms with E-state index in [-0.39, 0.29) is 24.4 Å². The lowest BCUT2D eigenvalue weighted by molar-refractivity contribution is -0.122. The highest BCUT2D eigenvalue weighted by Gasteiger charge is 2.25. The first-order valence-electron chi connectivity index (χ1n) is 7.03. The molecule has 21 heavy (non-hydrogen) atoms. The zero-order chi connectivity index (χ0) is 14.5. The summed E-state index contributed by atoms with van der Waals surface area (Å²) in [5.74, 6) is 0.412. The van der Waals surface area contributed by atoms with Crippen LogP contribution >= 0.6 is 35.6 Å². The lowest BCUT2D eigenvalue weighted by atomic mass is 10.00.